The van der Waals surface area contributed by atoms with Crippen LogP contribution in [0.5, 0.6) is 23.0 Å². The maximum Gasteiger partial charge on any atom is 0.343 e. The van der Waals surface area contributed by atoms with E-state index in [9.17, 15) is 10.1 Å². The SMILES string of the molecule is CCCOc1c(Cl)cc(C(=O)Oc2ccc3c(c2)OC(N)=C(C#N)C3c2cccc(OCc3ccc(Cl)cc3Cl)c2)cc1Cl. The Hall–Kier alpha value is -4.06. The fourth-order valence-electron chi connectivity index (χ4n) is 4.61. The molecule has 0 saturated heterocycles. The largest absolute Gasteiger partial charge is 0.490 e. The van der Waals surface area contributed by atoms with Gasteiger partial charge in [-0.25, -0.2) is 4.79 Å². The average molecular weight is 670 g/mol. The third-order valence-electron chi connectivity index (χ3n) is 6.69. The third kappa shape index (κ3) is 6.85. The van der Waals surface area contributed by atoms with Gasteiger partial charge >= 0.3 is 5.97 Å². The summed E-state index contributed by atoms with van der Waals surface area (Å²) < 4.78 is 23.0. The number of fused-ring (bicyclic) bond motifs is 1. The van der Waals surface area contributed by atoms with Crippen molar-refractivity contribution in [2.24, 2.45) is 5.73 Å². The molecule has 224 valence electrons. The van der Waals surface area contributed by atoms with Crippen LogP contribution in [0.3, 0.4) is 0 Å². The molecule has 2 N–H and O–H groups in total. The number of benzene rings is 4. The lowest BCUT2D eigenvalue weighted by molar-refractivity contribution is 0.0734. The molecule has 0 aromatic heterocycles. The molecule has 1 unspecified atom stereocenters. The molecule has 1 aliphatic rings. The summed E-state index contributed by atoms with van der Waals surface area (Å²) in [4.78, 5) is 13.0. The van der Waals surface area contributed by atoms with E-state index in [0.717, 1.165) is 17.5 Å². The summed E-state index contributed by atoms with van der Waals surface area (Å²) >= 11 is 24.9. The van der Waals surface area contributed by atoms with Crippen LogP contribution in [0.4, 0.5) is 0 Å². The number of nitriles is 1. The van der Waals surface area contributed by atoms with Gasteiger partial charge < -0.3 is 24.7 Å². The van der Waals surface area contributed by atoms with Crippen LogP contribution in [-0.4, -0.2) is 12.6 Å². The quantitative estimate of drug-likeness (QED) is 0.140. The van der Waals surface area contributed by atoms with Crippen LogP contribution in [0.1, 0.15) is 46.3 Å². The molecule has 0 saturated carbocycles. The van der Waals surface area contributed by atoms with Gasteiger partial charge in [0.1, 0.15) is 35.5 Å². The standard InChI is InChI=1S/C33H24Cl4N2O5/c1-2-10-41-31-27(36)12-20(13-28(31)37)33(40)43-23-8-9-24-29(15-23)44-32(39)25(16-38)30(24)18-4-3-5-22(11-18)42-17-19-6-7-21(34)14-26(19)35/h3-9,11-15,30H,2,10,17,39H2,1H3. The maximum atomic E-state index is 13.0. The zero-order valence-corrected chi connectivity index (χ0v) is 26.2. The lowest BCUT2D eigenvalue weighted by Gasteiger charge is -2.27. The first-order valence-electron chi connectivity index (χ1n) is 13.4. The van der Waals surface area contributed by atoms with Gasteiger partial charge in [-0.15, -0.1) is 0 Å². The molecule has 0 amide bonds. The molecule has 44 heavy (non-hydrogen) atoms. The van der Waals surface area contributed by atoms with Crippen LogP contribution >= 0.6 is 46.4 Å². The maximum absolute atomic E-state index is 13.0. The summed E-state index contributed by atoms with van der Waals surface area (Å²) in [6, 6.07) is 22.4. The van der Waals surface area contributed by atoms with E-state index in [-0.39, 0.29) is 39.4 Å². The highest BCUT2D eigenvalue weighted by molar-refractivity contribution is 6.37. The molecule has 5 rings (SSSR count). The van der Waals surface area contributed by atoms with Crippen molar-refractivity contribution in [2.45, 2.75) is 25.9 Å². The van der Waals surface area contributed by atoms with Crippen LogP contribution in [0, 0.1) is 11.3 Å². The first-order chi connectivity index (χ1) is 21.2. The number of allylic oxidation sites excluding steroid dienone is 1. The molecule has 0 spiro atoms. The normalized spacial score (nSPS) is 13.9. The summed E-state index contributed by atoms with van der Waals surface area (Å²) in [7, 11) is 0. The van der Waals surface area contributed by atoms with Gasteiger partial charge in [0.2, 0.25) is 5.88 Å². The fourth-order valence-corrected chi connectivity index (χ4v) is 5.67. The number of carbonyl (C=O) groups is 1. The molecule has 1 aliphatic heterocycles. The number of hydrogen-bond donors (Lipinski definition) is 1. The van der Waals surface area contributed by atoms with Crippen molar-refractivity contribution in [2.75, 3.05) is 6.61 Å². The number of rotatable bonds is 9. The molecule has 0 fully saturated rings. The Bertz CT molecular complexity index is 1800. The van der Waals surface area contributed by atoms with Crippen molar-refractivity contribution < 1.29 is 23.7 Å². The Kier molecular flexibility index (Phi) is 9.77. The smallest absolute Gasteiger partial charge is 0.343 e. The number of carbonyl (C=O) groups excluding carboxylic acids is 1. The number of esters is 1. The van der Waals surface area contributed by atoms with E-state index >= 15 is 0 Å². The lowest BCUT2D eigenvalue weighted by atomic mass is 9.83. The minimum absolute atomic E-state index is 0.0611. The summed E-state index contributed by atoms with van der Waals surface area (Å²) in [6.07, 6.45) is 0.770. The zero-order chi connectivity index (χ0) is 31.4. The summed E-state index contributed by atoms with van der Waals surface area (Å²) in [5.41, 5.74) is 8.72. The van der Waals surface area contributed by atoms with Crippen LogP contribution in [0.15, 0.2) is 84.3 Å². The van der Waals surface area contributed by atoms with Crippen LogP contribution in [0.25, 0.3) is 0 Å². The summed E-state index contributed by atoms with van der Waals surface area (Å²) in [5.74, 6) is 0.0743. The minimum Gasteiger partial charge on any atom is -0.490 e. The molecule has 1 atom stereocenters. The molecule has 4 aromatic carbocycles. The molecule has 1 heterocycles. The van der Waals surface area contributed by atoms with Crippen molar-refractivity contribution in [1.82, 2.24) is 0 Å². The van der Waals surface area contributed by atoms with E-state index in [4.69, 9.17) is 71.1 Å². The molecule has 7 nitrogen and oxygen atoms in total. The van der Waals surface area contributed by atoms with E-state index in [0.29, 0.717) is 39.5 Å². The Morgan fingerprint density at radius 2 is 1.70 bits per heavy atom. The van der Waals surface area contributed by atoms with Gasteiger partial charge in [0.05, 0.1) is 28.1 Å². The van der Waals surface area contributed by atoms with Gasteiger partial charge in [0.25, 0.3) is 0 Å². The topological polar surface area (TPSA) is 104 Å². The predicted octanol–water partition coefficient (Wildman–Crippen LogP) is 9.11. The molecule has 4 aromatic rings. The Morgan fingerprint density at radius 3 is 2.41 bits per heavy atom. The van der Waals surface area contributed by atoms with Gasteiger partial charge in [-0.3, -0.25) is 0 Å². The van der Waals surface area contributed by atoms with Crippen molar-refractivity contribution >= 4 is 52.4 Å². The zero-order valence-electron chi connectivity index (χ0n) is 23.2. The van der Waals surface area contributed by atoms with Crippen LogP contribution in [0.2, 0.25) is 20.1 Å². The van der Waals surface area contributed by atoms with E-state index in [1.165, 1.54) is 18.2 Å². The fraction of sp³-hybridized carbons (Fsp3) is 0.152. The highest BCUT2D eigenvalue weighted by atomic mass is 35.5. The monoisotopic (exact) mass is 668 g/mol. The lowest BCUT2D eigenvalue weighted by Crippen LogP contribution is -2.21. The number of nitrogens with two attached hydrogens (primary N) is 1. The second-order valence-electron chi connectivity index (χ2n) is 9.73. The Labute approximate surface area is 274 Å². The van der Waals surface area contributed by atoms with E-state index < -0.39 is 11.9 Å². The van der Waals surface area contributed by atoms with E-state index in [1.807, 2.05) is 25.1 Å². The molecular weight excluding hydrogens is 646 g/mol. The number of hydrogen-bond acceptors (Lipinski definition) is 7. The van der Waals surface area contributed by atoms with Crippen molar-refractivity contribution in [3.63, 3.8) is 0 Å². The van der Waals surface area contributed by atoms with Gasteiger partial charge in [-0.1, -0.05) is 77.6 Å². The first-order valence-corrected chi connectivity index (χ1v) is 14.9. The summed E-state index contributed by atoms with van der Waals surface area (Å²) in [5, 5.41) is 11.4. The average Bonchev–Trinajstić information content (AvgIpc) is 2.99. The summed E-state index contributed by atoms with van der Waals surface area (Å²) in [6.45, 7) is 2.60. The molecule has 0 radical (unpaired) electrons. The van der Waals surface area contributed by atoms with Crippen LogP contribution < -0.4 is 24.7 Å². The number of ether oxygens (including phenoxy) is 4. The van der Waals surface area contributed by atoms with Gasteiger partial charge in [-0.05, 0) is 54.4 Å². The molecule has 0 aliphatic carbocycles. The van der Waals surface area contributed by atoms with Crippen LogP contribution in [-0.2, 0) is 6.61 Å². The minimum atomic E-state index is -0.685. The molecule has 0 bridgehead atoms. The van der Waals surface area contributed by atoms with E-state index in [1.54, 1.807) is 36.4 Å². The second kappa shape index (κ2) is 13.7. The van der Waals surface area contributed by atoms with Gasteiger partial charge in [0.15, 0.2) is 5.75 Å². The first kappa shape index (κ1) is 31.4. The van der Waals surface area contributed by atoms with Gasteiger partial charge in [0, 0.05) is 27.2 Å². The Balaban J connectivity index is 1.39. The van der Waals surface area contributed by atoms with Gasteiger partial charge in [-0.2, -0.15) is 5.26 Å². The van der Waals surface area contributed by atoms with Crippen molar-refractivity contribution in [3.05, 3.63) is 127 Å². The number of nitrogens with zero attached hydrogens (tertiary/aromatic N) is 1. The molecule has 11 heteroatoms. The highest BCUT2D eigenvalue weighted by Gasteiger charge is 2.31. The molecular formula is C33H24Cl4N2O5. The second-order valence-corrected chi connectivity index (χ2v) is 11.4. The van der Waals surface area contributed by atoms with E-state index in [2.05, 4.69) is 6.07 Å². The Morgan fingerprint density at radius 1 is 0.932 bits per heavy atom. The third-order valence-corrected chi connectivity index (χ3v) is 7.83. The van der Waals surface area contributed by atoms with Crippen molar-refractivity contribution in [3.8, 4) is 29.1 Å². The highest BCUT2D eigenvalue weighted by Crippen LogP contribution is 2.44. The van der Waals surface area contributed by atoms with Crippen molar-refractivity contribution in [1.29, 1.82) is 5.26 Å². The predicted molar refractivity (Wildman–Crippen MR) is 170 cm³/mol. The number of halogens is 4.